The molecule has 3 aliphatic rings. The van der Waals surface area contributed by atoms with Gasteiger partial charge in [0.15, 0.2) is 5.96 Å². The molecular formula is C20H32N4OS. The first kappa shape index (κ1) is 18.3. The van der Waals surface area contributed by atoms with Crippen molar-refractivity contribution < 1.29 is 4.74 Å². The first-order valence-corrected chi connectivity index (χ1v) is 10.8. The van der Waals surface area contributed by atoms with Crippen LogP contribution in [0, 0.1) is 12.3 Å². The van der Waals surface area contributed by atoms with E-state index in [1.165, 1.54) is 42.0 Å². The lowest BCUT2D eigenvalue weighted by atomic mass is 9.68. The van der Waals surface area contributed by atoms with Crippen LogP contribution in [0.4, 0.5) is 0 Å². The van der Waals surface area contributed by atoms with E-state index in [0.717, 1.165) is 45.4 Å². The fraction of sp³-hybridized carbons (Fsp3) is 0.750. The highest BCUT2D eigenvalue weighted by Gasteiger charge is 2.43. The number of nitrogens with one attached hydrogen (secondary N) is 1. The zero-order valence-electron chi connectivity index (χ0n) is 16.2. The molecule has 1 spiro atoms. The van der Waals surface area contributed by atoms with Gasteiger partial charge in [-0.15, -0.1) is 11.3 Å². The number of rotatable bonds is 4. The molecule has 0 aromatic carbocycles. The molecule has 0 amide bonds. The molecule has 2 saturated heterocycles. The van der Waals surface area contributed by atoms with Crippen molar-refractivity contribution >= 4 is 17.3 Å². The van der Waals surface area contributed by atoms with Crippen LogP contribution in [0.25, 0.3) is 0 Å². The summed E-state index contributed by atoms with van der Waals surface area (Å²) in [6.45, 7) is 9.14. The van der Waals surface area contributed by atoms with Gasteiger partial charge in [-0.2, -0.15) is 0 Å². The summed E-state index contributed by atoms with van der Waals surface area (Å²) in [6.07, 6.45) is 5.57. The van der Waals surface area contributed by atoms with Gasteiger partial charge in [-0.3, -0.25) is 9.89 Å². The molecule has 1 aliphatic carbocycles. The number of nitrogens with zero attached hydrogens (tertiary/aromatic N) is 3. The first-order chi connectivity index (χ1) is 12.7. The summed E-state index contributed by atoms with van der Waals surface area (Å²) in [5.41, 5.74) is 0.603. The number of ether oxygens (including phenoxy) is 1. The molecule has 2 aliphatic heterocycles. The lowest BCUT2D eigenvalue weighted by molar-refractivity contribution is 0.0176. The van der Waals surface area contributed by atoms with Crippen molar-refractivity contribution in [3.8, 4) is 0 Å². The molecule has 6 heteroatoms. The third-order valence-electron chi connectivity index (χ3n) is 6.39. The topological polar surface area (TPSA) is 40.1 Å². The van der Waals surface area contributed by atoms with E-state index in [0.29, 0.717) is 11.5 Å². The maximum atomic E-state index is 5.57. The fourth-order valence-electron chi connectivity index (χ4n) is 4.65. The molecule has 3 heterocycles. The van der Waals surface area contributed by atoms with Gasteiger partial charge >= 0.3 is 0 Å². The summed E-state index contributed by atoms with van der Waals surface area (Å²) >= 11 is 1.92. The van der Waals surface area contributed by atoms with Gasteiger partial charge in [0, 0.05) is 49.5 Å². The van der Waals surface area contributed by atoms with Gasteiger partial charge in [-0.1, -0.05) is 6.42 Å². The Labute approximate surface area is 161 Å². The van der Waals surface area contributed by atoms with Crippen LogP contribution in [0.3, 0.4) is 0 Å². The minimum absolute atomic E-state index is 0.398. The number of likely N-dealkylation sites (tertiary alicyclic amines) is 1. The van der Waals surface area contributed by atoms with Gasteiger partial charge < -0.3 is 15.0 Å². The number of hydrogen-bond donors (Lipinski definition) is 1. The molecule has 144 valence electrons. The second-order valence-corrected chi connectivity index (χ2v) is 9.39. The Hall–Kier alpha value is -1.11. The number of aliphatic imine (C=N–C) groups is 1. The second kappa shape index (κ2) is 7.87. The zero-order chi connectivity index (χ0) is 18.0. The highest BCUT2D eigenvalue weighted by molar-refractivity contribution is 7.12. The Kier molecular flexibility index (Phi) is 5.53. The number of hydrogen-bond acceptors (Lipinski definition) is 4. The Morgan fingerprint density at radius 2 is 2.08 bits per heavy atom. The predicted octanol–water partition coefficient (Wildman–Crippen LogP) is 2.88. The van der Waals surface area contributed by atoms with Gasteiger partial charge in [-0.05, 0) is 43.7 Å². The standard InChI is InChI=1S/C20H32N4OS/c1-16-4-5-18(26-16)17(23-10-12-25-13-11-23)14-22-19(21-2)24-9-8-20(15-24)6-3-7-20/h4-5,17H,3,6-15H2,1-2H3,(H,21,22). The van der Waals surface area contributed by atoms with Gasteiger partial charge in [-0.25, -0.2) is 0 Å². The van der Waals surface area contributed by atoms with Crippen molar-refractivity contribution in [1.82, 2.24) is 15.1 Å². The lowest BCUT2D eigenvalue weighted by Gasteiger charge is -2.38. The summed E-state index contributed by atoms with van der Waals surface area (Å²) in [7, 11) is 1.92. The molecule has 1 unspecified atom stereocenters. The van der Waals surface area contributed by atoms with Gasteiger partial charge in [0.25, 0.3) is 0 Å². The highest BCUT2D eigenvalue weighted by atomic mass is 32.1. The van der Waals surface area contributed by atoms with E-state index in [4.69, 9.17) is 4.74 Å². The van der Waals surface area contributed by atoms with E-state index in [-0.39, 0.29) is 0 Å². The van der Waals surface area contributed by atoms with E-state index in [1.54, 1.807) is 0 Å². The van der Waals surface area contributed by atoms with Crippen LogP contribution >= 0.6 is 11.3 Å². The summed E-state index contributed by atoms with van der Waals surface area (Å²) in [6, 6.07) is 4.93. The maximum absolute atomic E-state index is 5.57. The largest absolute Gasteiger partial charge is 0.379 e. The molecule has 1 N–H and O–H groups in total. The Morgan fingerprint density at radius 3 is 2.65 bits per heavy atom. The zero-order valence-corrected chi connectivity index (χ0v) is 17.0. The van der Waals surface area contributed by atoms with Crippen LogP contribution in [0.1, 0.15) is 41.5 Å². The molecule has 1 aromatic rings. The Balaban J connectivity index is 1.41. The lowest BCUT2D eigenvalue weighted by Crippen LogP contribution is -2.47. The summed E-state index contributed by atoms with van der Waals surface area (Å²) in [4.78, 5) is 12.5. The summed E-state index contributed by atoms with van der Waals surface area (Å²) < 4.78 is 5.57. The molecule has 1 atom stereocenters. The van der Waals surface area contributed by atoms with Gasteiger partial charge in [0.2, 0.25) is 0 Å². The average Bonchev–Trinajstić information content (AvgIpc) is 3.26. The van der Waals surface area contributed by atoms with E-state index in [9.17, 15) is 0 Å². The van der Waals surface area contributed by atoms with E-state index in [1.807, 2.05) is 18.4 Å². The normalized spacial score (nSPS) is 24.7. The molecule has 1 aromatic heterocycles. The van der Waals surface area contributed by atoms with E-state index >= 15 is 0 Å². The number of thiophene rings is 1. The van der Waals surface area contributed by atoms with Crippen molar-refractivity contribution in [3.05, 3.63) is 21.9 Å². The minimum Gasteiger partial charge on any atom is -0.379 e. The second-order valence-electron chi connectivity index (χ2n) is 8.07. The van der Waals surface area contributed by atoms with Crippen LogP contribution < -0.4 is 5.32 Å². The van der Waals surface area contributed by atoms with Crippen molar-refractivity contribution in [2.75, 3.05) is 53.0 Å². The molecule has 0 radical (unpaired) electrons. The predicted molar refractivity (Wildman–Crippen MR) is 108 cm³/mol. The molecule has 26 heavy (non-hydrogen) atoms. The Morgan fingerprint density at radius 1 is 1.27 bits per heavy atom. The summed E-state index contributed by atoms with van der Waals surface area (Å²) in [5, 5.41) is 3.70. The maximum Gasteiger partial charge on any atom is 0.193 e. The van der Waals surface area contributed by atoms with E-state index < -0.39 is 0 Å². The van der Waals surface area contributed by atoms with E-state index in [2.05, 4.69) is 39.2 Å². The Bertz CT molecular complexity index is 634. The van der Waals surface area contributed by atoms with Crippen LogP contribution in [0.15, 0.2) is 17.1 Å². The summed E-state index contributed by atoms with van der Waals surface area (Å²) in [5.74, 6) is 1.08. The monoisotopic (exact) mass is 376 g/mol. The smallest absolute Gasteiger partial charge is 0.193 e. The van der Waals surface area contributed by atoms with Crippen molar-refractivity contribution in [2.45, 2.75) is 38.6 Å². The van der Waals surface area contributed by atoms with Crippen molar-refractivity contribution in [1.29, 1.82) is 0 Å². The fourth-order valence-corrected chi connectivity index (χ4v) is 5.66. The molecule has 1 saturated carbocycles. The number of morpholine rings is 1. The van der Waals surface area contributed by atoms with Gasteiger partial charge in [0.05, 0.1) is 19.3 Å². The number of guanidine groups is 1. The number of aryl methyl sites for hydroxylation is 1. The molecule has 0 bridgehead atoms. The van der Waals surface area contributed by atoms with Crippen LogP contribution in [0.2, 0.25) is 0 Å². The molecule has 3 fully saturated rings. The SMILES string of the molecule is CN=C(NCC(c1ccc(C)s1)N1CCOCC1)N1CCC2(CCC2)C1. The highest BCUT2D eigenvalue weighted by Crippen LogP contribution is 2.47. The van der Waals surface area contributed by atoms with Gasteiger partial charge in [0.1, 0.15) is 0 Å². The average molecular weight is 377 g/mol. The molecule has 4 rings (SSSR count). The minimum atomic E-state index is 0.398. The van der Waals surface area contributed by atoms with Crippen molar-refractivity contribution in [2.24, 2.45) is 10.4 Å². The quantitative estimate of drug-likeness (QED) is 0.648. The van der Waals surface area contributed by atoms with Crippen molar-refractivity contribution in [3.63, 3.8) is 0 Å². The first-order valence-electron chi connectivity index (χ1n) is 10.0. The molecule has 5 nitrogen and oxygen atoms in total. The van der Waals surface area contributed by atoms with Crippen LogP contribution in [-0.2, 0) is 4.74 Å². The third kappa shape index (κ3) is 3.78. The van der Waals surface area contributed by atoms with Crippen LogP contribution in [0.5, 0.6) is 0 Å². The molecular weight excluding hydrogens is 344 g/mol. The van der Waals surface area contributed by atoms with Crippen LogP contribution in [-0.4, -0.2) is 68.7 Å². The third-order valence-corrected chi connectivity index (χ3v) is 7.50.